The monoisotopic (exact) mass is 382 g/mol. The van der Waals surface area contributed by atoms with E-state index in [1.165, 1.54) is 36.5 Å². The highest BCUT2D eigenvalue weighted by Gasteiger charge is 2.15. The average Bonchev–Trinajstić information content (AvgIpc) is 2.61. The molecule has 131 valence electrons. The van der Waals surface area contributed by atoms with Crippen molar-refractivity contribution in [2.75, 3.05) is 6.61 Å². The Balaban J connectivity index is 1.95. The van der Waals surface area contributed by atoms with Gasteiger partial charge in [0.15, 0.2) is 0 Å². The van der Waals surface area contributed by atoms with Crippen LogP contribution in [0.4, 0.5) is 5.69 Å². The van der Waals surface area contributed by atoms with Crippen LogP contribution in [0, 0.1) is 17.0 Å². The molecule has 0 saturated carbocycles. The van der Waals surface area contributed by atoms with Crippen molar-refractivity contribution in [3.63, 3.8) is 0 Å². The number of nitro groups is 1. The van der Waals surface area contributed by atoms with Crippen molar-refractivity contribution in [1.82, 2.24) is 10.3 Å². The number of non-ortho nitro benzene ring substituents is 1. The van der Waals surface area contributed by atoms with Crippen LogP contribution in [-0.4, -0.2) is 28.5 Å². The number of nitrogens with zero attached hydrogens (tertiary/aromatic N) is 2. The number of rotatable bonds is 7. The predicted octanol–water partition coefficient (Wildman–Crippen LogP) is 3.70. The summed E-state index contributed by atoms with van der Waals surface area (Å²) >= 11 is 11.6. The lowest BCUT2D eigenvalue weighted by atomic mass is 10.1. The molecule has 0 aliphatic carbocycles. The van der Waals surface area contributed by atoms with Crippen LogP contribution in [0.15, 0.2) is 36.5 Å². The summed E-state index contributed by atoms with van der Waals surface area (Å²) in [5.74, 6) is 0.0387. The fraction of sp³-hybridized carbons (Fsp3) is 0.188. The number of hydrogen-bond donors (Lipinski definition) is 1. The van der Waals surface area contributed by atoms with Gasteiger partial charge in [-0.3, -0.25) is 14.9 Å². The minimum absolute atomic E-state index is 0.0827. The van der Waals surface area contributed by atoms with E-state index in [4.69, 9.17) is 27.9 Å². The molecule has 1 atom stereocenters. The number of aromatic nitrogens is 1. The van der Waals surface area contributed by atoms with Crippen LogP contribution in [0.25, 0.3) is 0 Å². The van der Waals surface area contributed by atoms with Gasteiger partial charge < -0.3 is 10.1 Å². The molecule has 7 nitrogen and oxygen atoms in total. The highest BCUT2D eigenvalue weighted by atomic mass is 35.5. The molecule has 9 heteroatoms. The molecule has 2 rings (SSSR count). The normalized spacial score (nSPS) is 11.6. The molecule has 0 aliphatic heterocycles. The maximum absolute atomic E-state index is 12.2. The second kappa shape index (κ2) is 8.64. The third-order valence-corrected chi connectivity index (χ3v) is 3.93. The SMILES string of the molecule is [CH2]CC(COc1cnc(Cl)c(Cl)c1)NC(=O)c1ccc([N+](=O)[O-])cc1. The number of carbonyl (C=O) groups is 1. The molecular weight excluding hydrogens is 369 g/mol. The third kappa shape index (κ3) is 5.30. The highest BCUT2D eigenvalue weighted by Crippen LogP contribution is 2.23. The first-order valence-corrected chi connectivity index (χ1v) is 7.94. The van der Waals surface area contributed by atoms with Gasteiger partial charge in [0.25, 0.3) is 11.6 Å². The summed E-state index contributed by atoms with van der Waals surface area (Å²) in [6, 6.07) is 6.47. The number of ether oxygens (including phenoxy) is 1. The lowest BCUT2D eigenvalue weighted by molar-refractivity contribution is -0.384. The van der Waals surface area contributed by atoms with Crippen LogP contribution >= 0.6 is 23.2 Å². The highest BCUT2D eigenvalue weighted by molar-refractivity contribution is 6.41. The lowest BCUT2D eigenvalue weighted by Gasteiger charge is -2.17. The van der Waals surface area contributed by atoms with Gasteiger partial charge in [0.05, 0.1) is 22.2 Å². The van der Waals surface area contributed by atoms with Crippen molar-refractivity contribution in [3.8, 4) is 5.75 Å². The van der Waals surface area contributed by atoms with E-state index >= 15 is 0 Å². The fourth-order valence-electron chi connectivity index (χ4n) is 1.88. The number of carbonyl (C=O) groups excluding carboxylic acids is 1. The number of nitrogens with one attached hydrogen (secondary N) is 1. The Morgan fingerprint density at radius 1 is 1.36 bits per heavy atom. The number of amides is 1. The summed E-state index contributed by atoms with van der Waals surface area (Å²) in [6.45, 7) is 3.92. The predicted molar refractivity (Wildman–Crippen MR) is 94.1 cm³/mol. The van der Waals surface area contributed by atoms with Crippen LogP contribution in [0.1, 0.15) is 16.8 Å². The molecule has 1 amide bonds. The summed E-state index contributed by atoms with van der Waals surface area (Å²) in [7, 11) is 0. The van der Waals surface area contributed by atoms with Crippen LogP contribution in [0.2, 0.25) is 10.2 Å². The Labute approximate surface area is 154 Å². The number of benzene rings is 1. The summed E-state index contributed by atoms with van der Waals surface area (Å²) < 4.78 is 5.53. The Kier molecular flexibility index (Phi) is 6.55. The molecule has 0 aliphatic rings. The van der Waals surface area contributed by atoms with Crippen molar-refractivity contribution in [2.45, 2.75) is 12.5 Å². The smallest absolute Gasteiger partial charge is 0.269 e. The molecule has 0 bridgehead atoms. The molecule has 0 saturated heterocycles. The Bertz CT molecular complexity index is 768. The Morgan fingerprint density at radius 3 is 2.60 bits per heavy atom. The van der Waals surface area contributed by atoms with Gasteiger partial charge in [0, 0.05) is 23.8 Å². The summed E-state index contributed by atoms with van der Waals surface area (Å²) in [6.07, 6.45) is 1.81. The molecule has 2 aromatic rings. The number of pyridine rings is 1. The topological polar surface area (TPSA) is 94.4 Å². The van der Waals surface area contributed by atoms with Crippen molar-refractivity contribution in [1.29, 1.82) is 0 Å². The molecule has 1 heterocycles. The van der Waals surface area contributed by atoms with Gasteiger partial charge in [-0.15, -0.1) is 0 Å². The van der Waals surface area contributed by atoms with Crippen LogP contribution in [-0.2, 0) is 0 Å². The van der Waals surface area contributed by atoms with Gasteiger partial charge in [-0.1, -0.05) is 30.1 Å². The molecule has 1 aromatic carbocycles. The first-order chi connectivity index (χ1) is 11.9. The van der Waals surface area contributed by atoms with Gasteiger partial charge in [-0.05, 0) is 18.6 Å². The van der Waals surface area contributed by atoms with E-state index in [0.717, 1.165) is 0 Å². The van der Waals surface area contributed by atoms with E-state index in [0.29, 0.717) is 17.7 Å². The number of halogens is 2. The Morgan fingerprint density at radius 2 is 2.04 bits per heavy atom. The first kappa shape index (κ1) is 19.0. The van der Waals surface area contributed by atoms with Gasteiger partial charge >= 0.3 is 0 Å². The second-order valence-electron chi connectivity index (χ2n) is 5.02. The largest absolute Gasteiger partial charge is 0.490 e. The maximum Gasteiger partial charge on any atom is 0.269 e. The van der Waals surface area contributed by atoms with Crippen LogP contribution in [0.5, 0.6) is 5.75 Å². The minimum atomic E-state index is -0.528. The van der Waals surface area contributed by atoms with Crippen molar-refractivity contribution < 1.29 is 14.5 Å². The third-order valence-electron chi connectivity index (χ3n) is 3.25. The van der Waals surface area contributed by atoms with E-state index in [1.54, 1.807) is 0 Å². The molecule has 1 aromatic heterocycles. The van der Waals surface area contributed by atoms with E-state index in [2.05, 4.69) is 17.2 Å². The maximum atomic E-state index is 12.2. The average molecular weight is 383 g/mol. The molecule has 0 fully saturated rings. The van der Waals surface area contributed by atoms with E-state index in [9.17, 15) is 14.9 Å². The van der Waals surface area contributed by atoms with Crippen molar-refractivity contribution in [3.05, 3.63) is 69.3 Å². The summed E-state index contributed by atoms with van der Waals surface area (Å²) in [4.78, 5) is 26.2. The van der Waals surface area contributed by atoms with Gasteiger partial charge in [-0.25, -0.2) is 4.98 Å². The molecular formula is C16H14Cl2N3O4. The molecule has 0 spiro atoms. The zero-order valence-electron chi connectivity index (χ0n) is 12.9. The fourth-order valence-corrected chi connectivity index (χ4v) is 2.14. The molecule has 1 radical (unpaired) electrons. The number of nitro benzene ring substituents is 1. The van der Waals surface area contributed by atoms with Crippen LogP contribution < -0.4 is 10.1 Å². The Hall–Kier alpha value is -2.38. The van der Waals surface area contributed by atoms with Crippen molar-refractivity contribution in [2.24, 2.45) is 0 Å². The molecule has 1 unspecified atom stereocenters. The van der Waals surface area contributed by atoms with Crippen LogP contribution in [0.3, 0.4) is 0 Å². The van der Waals surface area contributed by atoms with Crippen molar-refractivity contribution >= 4 is 34.8 Å². The second-order valence-corrected chi connectivity index (χ2v) is 5.78. The minimum Gasteiger partial charge on any atom is -0.490 e. The standard InChI is InChI=1S/C16H14Cl2N3O4/c1-2-11(9-25-13-7-14(17)15(18)19-8-13)20-16(22)10-3-5-12(6-4-10)21(23)24/h3-8,11H,1-2,9H2,(H,20,22). The first-order valence-electron chi connectivity index (χ1n) is 7.19. The zero-order valence-corrected chi connectivity index (χ0v) is 14.5. The van der Waals surface area contributed by atoms with Gasteiger partial charge in [-0.2, -0.15) is 0 Å². The van der Waals surface area contributed by atoms with E-state index < -0.39 is 4.92 Å². The molecule has 1 N–H and O–H groups in total. The van der Waals surface area contributed by atoms with E-state index in [-0.39, 0.29) is 34.4 Å². The number of hydrogen-bond acceptors (Lipinski definition) is 5. The summed E-state index contributed by atoms with van der Waals surface area (Å²) in [5.41, 5.74) is 0.223. The van der Waals surface area contributed by atoms with Gasteiger partial charge in [0.1, 0.15) is 17.5 Å². The van der Waals surface area contributed by atoms with Gasteiger partial charge in [0.2, 0.25) is 0 Å². The zero-order chi connectivity index (χ0) is 18.4. The quantitative estimate of drug-likeness (QED) is 0.447. The lowest BCUT2D eigenvalue weighted by Crippen LogP contribution is -2.38. The molecule has 25 heavy (non-hydrogen) atoms. The van der Waals surface area contributed by atoms with E-state index in [1.807, 2.05) is 0 Å². The summed E-state index contributed by atoms with van der Waals surface area (Å²) in [5, 5.41) is 13.8.